The zero-order valence-corrected chi connectivity index (χ0v) is 14.6. The van der Waals surface area contributed by atoms with Gasteiger partial charge in [-0.15, -0.1) is 0 Å². The number of aryl methyl sites for hydroxylation is 2. The predicted octanol–water partition coefficient (Wildman–Crippen LogP) is -0.421. The van der Waals surface area contributed by atoms with Crippen LogP contribution in [0.2, 0.25) is 0 Å². The van der Waals surface area contributed by atoms with Crippen molar-refractivity contribution in [2.24, 2.45) is 11.7 Å². The Morgan fingerprint density at radius 1 is 1.38 bits per heavy atom. The Morgan fingerprint density at radius 2 is 2.17 bits per heavy atom. The van der Waals surface area contributed by atoms with Crippen molar-refractivity contribution in [1.82, 2.24) is 5.32 Å². The van der Waals surface area contributed by atoms with Crippen molar-refractivity contribution in [3.8, 4) is 5.75 Å². The van der Waals surface area contributed by atoms with Crippen LogP contribution in [-0.4, -0.2) is 44.6 Å². The maximum atomic E-state index is 12.0. The van der Waals surface area contributed by atoms with E-state index in [1.165, 1.54) is 5.56 Å². The van der Waals surface area contributed by atoms with Crippen LogP contribution < -0.4 is 20.7 Å². The molecule has 6 heteroatoms. The number of ether oxygens (including phenoxy) is 1. The number of hydrogen-bond donors (Lipinski definition) is 3. The van der Waals surface area contributed by atoms with Crippen molar-refractivity contribution in [3.63, 3.8) is 0 Å². The second-order valence-corrected chi connectivity index (χ2v) is 6.59. The van der Waals surface area contributed by atoms with E-state index in [1.54, 1.807) is 0 Å². The summed E-state index contributed by atoms with van der Waals surface area (Å²) >= 11 is 0. The third kappa shape index (κ3) is 5.53. The van der Waals surface area contributed by atoms with Crippen LogP contribution in [0.1, 0.15) is 24.0 Å². The van der Waals surface area contributed by atoms with E-state index in [1.807, 2.05) is 26.0 Å². The summed E-state index contributed by atoms with van der Waals surface area (Å²) in [4.78, 5) is 24.4. The molecule has 24 heavy (non-hydrogen) atoms. The minimum atomic E-state index is -0.255. The van der Waals surface area contributed by atoms with Gasteiger partial charge in [0, 0.05) is 0 Å². The van der Waals surface area contributed by atoms with Gasteiger partial charge in [-0.3, -0.25) is 9.59 Å². The maximum absolute atomic E-state index is 12.0. The molecule has 1 saturated heterocycles. The van der Waals surface area contributed by atoms with Crippen molar-refractivity contribution in [2.75, 3.05) is 32.8 Å². The van der Waals surface area contributed by atoms with Crippen LogP contribution in [0.3, 0.4) is 0 Å². The first-order valence-corrected chi connectivity index (χ1v) is 8.55. The number of hydrogen-bond acceptors (Lipinski definition) is 3. The van der Waals surface area contributed by atoms with Crippen molar-refractivity contribution < 1.29 is 19.2 Å². The summed E-state index contributed by atoms with van der Waals surface area (Å²) in [5, 5.41) is 2.87. The van der Waals surface area contributed by atoms with E-state index < -0.39 is 0 Å². The quantitative estimate of drug-likeness (QED) is 0.592. The first-order chi connectivity index (χ1) is 11.5. The number of quaternary nitrogens is 1. The second kappa shape index (κ2) is 8.68. The lowest BCUT2D eigenvalue weighted by molar-refractivity contribution is -0.899. The molecule has 4 N–H and O–H groups in total. The molecular weight excluding hydrogens is 306 g/mol. The van der Waals surface area contributed by atoms with Crippen molar-refractivity contribution in [2.45, 2.75) is 26.7 Å². The van der Waals surface area contributed by atoms with Gasteiger partial charge < -0.3 is 20.7 Å². The number of primary amides is 1. The summed E-state index contributed by atoms with van der Waals surface area (Å²) in [6.07, 6.45) is 1.77. The molecule has 0 radical (unpaired) electrons. The van der Waals surface area contributed by atoms with Gasteiger partial charge in [0.1, 0.15) is 12.4 Å². The summed E-state index contributed by atoms with van der Waals surface area (Å²) in [6, 6.07) is 6.03. The summed E-state index contributed by atoms with van der Waals surface area (Å²) in [5.41, 5.74) is 7.66. The van der Waals surface area contributed by atoms with Crippen molar-refractivity contribution in [3.05, 3.63) is 29.3 Å². The monoisotopic (exact) mass is 334 g/mol. The highest BCUT2D eigenvalue weighted by Crippen LogP contribution is 2.18. The van der Waals surface area contributed by atoms with Crippen LogP contribution in [0.4, 0.5) is 0 Å². The molecule has 0 aromatic heterocycles. The Balaban J connectivity index is 1.67. The fourth-order valence-electron chi connectivity index (χ4n) is 3.16. The van der Waals surface area contributed by atoms with E-state index in [4.69, 9.17) is 10.5 Å². The summed E-state index contributed by atoms with van der Waals surface area (Å²) in [7, 11) is 0. The molecule has 1 aromatic carbocycles. The summed E-state index contributed by atoms with van der Waals surface area (Å²) in [5.74, 6) is 0.476. The number of benzene rings is 1. The number of piperidine rings is 1. The van der Waals surface area contributed by atoms with Crippen LogP contribution >= 0.6 is 0 Å². The second-order valence-electron chi connectivity index (χ2n) is 6.59. The minimum Gasteiger partial charge on any atom is -0.491 e. The molecule has 1 aliphatic rings. The Kier molecular flexibility index (Phi) is 6.61. The first kappa shape index (κ1) is 18.3. The van der Waals surface area contributed by atoms with Gasteiger partial charge in [0.2, 0.25) is 5.91 Å². The van der Waals surface area contributed by atoms with Crippen molar-refractivity contribution >= 4 is 11.8 Å². The fourth-order valence-corrected chi connectivity index (χ4v) is 3.16. The van der Waals surface area contributed by atoms with Gasteiger partial charge in [0.15, 0.2) is 6.54 Å². The lowest BCUT2D eigenvalue weighted by Gasteiger charge is -2.27. The number of likely N-dealkylation sites (tertiary alicyclic amines) is 1. The molecule has 1 fully saturated rings. The topological polar surface area (TPSA) is 85.9 Å². The average molecular weight is 334 g/mol. The van der Waals surface area contributed by atoms with Gasteiger partial charge in [-0.25, -0.2) is 0 Å². The molecule has 2 atom stereocenters. The Labute approximate surface area is 143 Å². The highest BCUT2D eigenvalue weighted by atomic mass is 16.5. The molecule has 1 unspecified atom stereocenters. The normalized spacial score (nSPS) is 20.4. The van der Waals surface area contributed by atoms with Crippen LogP contribution in [0, 0.1) is 19.8 Å². The smallest absolute Gasteiger partial charge is 0.275 e. The largest absolute Gasteiger partial charge is 0.491 e. The lowest BCUT2D eigenvalue weighted by Crippen LogP contribution is -3.15. The minimum absolute atomic E-state index is 0.0145. The molecule has 0 spiro atoms. The van der Waals surface area contributed by atoms with Crippen LogP contribution in [0.15, 0.2) is 18.2 Å². The Bertz CT molecular complexity index is 589. The maximum Gasteiger partial charge on any atom is 0.275 e. The van der Waals surface area contributed by atoms with Crippen LogP contribution in [0.5, 0.6) is 5.75 Å². The lowest BCUT2D eigenvalue weighted by atomic mass is 9.97. The highest BCUT2D eigenvalue weighted by Gasteiger charge is 2.28. The molecule has 1 aliphatic heterocycles. The molecule has 0 saturated carbocycles. The van der Waals surface area contributed by atoms with Gasteiger partial charge in [-0.05, 0) is 38.3 Å². The molecule has 0 bridgehead atoms. The van der Waals surface area contributed by atoms with Gasteiger partial charge in [-0.1, -0.05) is 17.7 Å². The molecule has 1 heterocycles. The zero-order valence-electron chi connectivity index (χ0n) is 14.6. The van der Waals surface area contributed by atoms with Crippen LogP contribution in [0.25, 0.3) is 0 Å². The SMILES string of the molecule is Cc1ccc(OCCNC(=O)C[NH+]2CCC[C@H](C(N)=O)C2)c(C)c1. The number of carbonyl (C=O) groups is 2. The van der Waals surface area contributed by atoms with Crippen LogP contribution in [-0.2, 0) is 9.59 Å². The highest BCUT2D eigenvalue weighted by molar-refractivity contribution is 5.77. The fraction of sp³-hybridized carbons (Fsp3) is 0.556. The van der Waals surface area contributed by atoms with E-state index in [0.29, 0.717) is 26.2 Å². The number of nitrogens with one attached hydrogen (secondary N) is 2. The van der Waals surface area contributed by atoms with E-state index in [0.717, 1.165) is 35.6 Å². The molecule has 132 valence electrons. The molecule has 6 nitrogen and oxygen atoms in total. The third-order valence-corrected chi connectivity index (χ3v) is 4.44. The molecule has 2 amide bonds. The summed E-state index contributed by atoms with van der Waals surface area (Å²) in [6.45, 7) is 6.91. The first-order valence-electron chi connectivity index (χ1n) is 8.55. The molecular formula is C18H28N3O3+. The van der Waals surface area contributed by atoms with Gasteiger partial charge in [0.05, 0.1) is 25.6 Å². The van der Waals surface area contributed by atoms with E-state index >= 15 is 0 Å². The zero-order chi connectivity index (χ0) is 17.5. The summed E-state index contributed by atoms with van der Waals surface area (Å²) < 4.78 is 5.70. The van der Waals surface area contributed by atoms with E-state index in [2.05, 4.69) is 11.4 Å². The number of amides is 2. The standard InChI is InChI=1S/C18H27N3O3/c1-13-5-6-16(14(2)10-13)24-9-7-20-17(22)12-21-8-3-4-15(11-21)18(19)23/h5-6,10,15H,3-4,7-9,11-12H2,1-2H3,(H2,19,23)(H,20,22)/p+1/t15-/m0/s1. The number of carbonyl (C=O) groups excluding carboxylic acids is 2. The van der Waals surface area contributed by atoms with Gasteiger partial charge in [-0.2, -0.15) is 0 Å². The Hall–Kier alpha value is -2.08. The van der Waals surface area contributed by atoms with Gasteiger partial charge in [0.25, 0.3) is 5.91 Å². The van der Waals surface area contributed by atoms with E-state index in [9.17, 15) is 9.59 Å². The Morgan fingerprint density at radius 3 is 2.88 bits per heavy atom. The van der Waals surface area contributed by atoms with Crippen molar-refractivity contribution in [1.29, 1.82) is 0 Å². The molecule has 1 aromatic rings. The van der Waals surface area contributed by atoms with Gasteiger partial charge >= 0.3 is 0 Å². The molecule has 0 aliphatic carbocycles. The molecule has 2 rings (SSSR count). The number of nitrogens with two attached hydrogens (primary N) is 1. The van der Waals surface area contributed by atoms with E-state index in [-0.39, 0.29) is 17.7 Å². The number of rotatable bonds is 7. The average Bonchev–Trinajstić information content (AvgIpc) is 2.53. The third-order valence-electron chi connectivity index (χ3n) is 4.44. The predicted molar refractivity (Wildman–Crippen MR) is 91.9 cm³/mol.